The largest absolute Gasteiger partial charge is 0.389 e. The molecule has 0 bridgehead atoms. The molecule has 22 heavy (non-hydrogen) atoms. The van der Waals surface area contributed by atoms with Gasteiger partial charge in [-0.25, -0.2) is 0 Å². The number of rotatable bonds is 8. The Bertz CT molecular complexity index is 488. The number of hydrogen-bond acceptors (Lipinski definition) is 3. The third kappa shape index (κ3) is 5.26. The van der Waals surface area contributed by atoms with E-state index in [9.17, 15) is 5.11 Å². The molecule has 0 amide bonds. The molecule has 3 nitrogen and oxygen atoms in total. The number of benzene rings is 2. The van der Waals surface area contributed by atoms with Crippen LogP contribution in [0.4, 0.5) is 0 Å². The highest BCUT2D eigenvalue weighted by Crippen LogP contribution is 2.21. The quantitative estimate of drug-likeness (QED) is 0.787. The highest BCUT2D eigenvalue weighted by molar-refractivity contribution is 5.31. The Labute approximate surface area is 133 Å². The van der Waals surface area contributed by atoms with E-state index in [1.807, 2.05) is 50.2 Å². The zero-order valence-corrected chi connectivity index (χ0v) is 13.3. The van der Waals surface area contributed by atoms with Crippen LogP contribution in [0.25, 0.3) is 0 Å². The van der Waals surface area contributed by atoms with Crippen molar-refractivity contribution in [3.63, 3.8) is 0 Å². The minimum Gasteiger partial charge on any atom is -0.389 e. The zero-order valence-electron chi connectivity index (χ0n) is 13.3. The number of aliphatic hydroxyl groups excluding tert-OH is 1. The predicted molar refractivity (Wildman–Crippen MR) is 89.8 cm³/mol. The van der Waals surface area contributed by atoms with E-state index in [0.717, 1.165) is 0 Å². The summed E-state index contributed by atoms with van der Waals surface area (Å²) in [5, 5.41) is 13.5. The summed E-state index contributed by atoms with van der Waals surface area (Å²) in [6.45, 7) is 4.77. The van der Waals surface area contributed by atoms with Crippen LogP contribution in [0.5, 0.6) is 0 Å². The average molecular weight is 299 g/mol. The lowest BCUT2D eigenvalue weighted by atomic mass is 9.98. The van der Waals surface area contributed by atoms with Gasteiger partial charge in [-0.05, 0) is 25.0 Å². The monoisotopic (exact) mass is 299 g/mol. The number of aliphatic hydroxyl groups is 1. The van der Waals surface area contributed by atoms with Gasteiger partial charge in [0.15, 0.2) is 0 Å². The fraction of sp³-hybridized carbons (Fsp3) is 0.368. The highest BCUT2D eigenvalue weighted by atomic mass is 16.5. The highest BCUT2D eigenvalue weighted by Gasteiger charge is 2.15. The molecule has 2 aromatic carbocycles. The molecular weight excluding hydrogens is 274 g/mol. The topological polar surface area (TPSA) is 41.5 Å². The van der Waals surface area contributed by atoms with Crippen LogP contribution in [0.1, 0.15) is 31.0 Å². The first kappa shape index (κ1) is 16.7. The van der Waals surface area contributed by atoms with Gasteiger partial charge < -0.3 is 15.2 Å². The van der Waals surface area contributed by atoms with Crippen molar-refractivity contribution in [3.05, 3.63) is 71.8 Å². The third-order valence-electron chi connectivity index (χ3n) is 3.45. The Balaban J connectivity index is 2.03. The fourth-order valence-corrected chi connectivity index (χ4v) is 2.34. The molecule has 0 spiro atoms. The number of hydrogen-bond donors (Lipinski definition) is 2. The Morgan fingerprint density at radius 1 is 0.909 bits per heavy atom. The van der Waals surface area contributed by atoms with Crippen LogP contribution in [0.3, 0.4) is 0 Å². The van der Waals surface area contributed by atoms with Gasteiger partial charge in [-0.1, -0.05) is 60.7 Å². The first-order chi connectivity index (χ1) is 10.7. The van der Waals surface area contributed by atoms with Crippen LogP contribution in [0.15, 0.2) is 60.7 Å². The Morgan fingerprint density at radius 3 is 1.86 bits per heavy atom. The molecule has 0 saturated heterocycles. The van der Waals surface area contributed by atoms with Crippen LogP contribution < -0.4 is 5.32 Å². The van der Waals surface area contributed by atoms with Crippen LogP contribution >= 0.6 is 0 Å². The maximum atomic E-state index is 10.1. The molecule has 0 aliphatic heterocycles. The van der Waals surface area contributed by atoms with E-state index in [1.165, 1.54) is 11.1 Å². The van der Waals surface area contributed by atoms with E-state index in [0.29, 0.717) is 13.2 Å². The van der Waals surface area contributed by atoms with E-state index < -0.39 is 6.10 Å². The fourth-order valence-electron chi connectivity index (χ4n) is 2.34. The van der Waals surface area contributed by atoms with Gasteiger partial charge in [0.2, 0.25) is 0 Å². The second kappa shape index (κ2) is 8.69. The summed E-state index contributed by atoms with van der Waals surface area (Å²) in [5.74, 6) is 0. The van der Waals surface area contributed by atoms with Gasteiger partial charge in [-0.15, -0.1) is 0 Å². The molecule has 2 N–H and O–H groups in total. The third-order valence-corrected chi connectivity index (χ3v) is 3.45. The Kier molecular flexibility index (Phi) is 6.59. The van der Waals surface area contributed by atoms with E-state index >= 15 is 0 Å². The second-order valence-electron chi connectivity index (χ2n) is 5.70. The predicted octanol–water partition coefficient (Wildman–Crippen LogP) is 3.15. The normalized spacial score (nSPS) is 12.8. The molecule has 2 aromatic rings. The first-order valence-electron chi connectivity index (χ1n) is 7.79. The molecule has 0 aromatic heterocycles. The molecule has 3 heteroatoms. The zero-order chi connectivity index (χ0) is 15.8. The molecule has 1 atom stereocenters. The molecule has 0 aliphatic carbocycles. The van der Waals surface area contributed by atoms with Crippen molar-refractivity contribution in [1.82, 2.24) is 5.32 Å². The lowest BCUT2D eigenvalue weighted by molar-refractivity contribution is 0.00580. The minimum absolute atomic E-state index is 0.0658. The summed E-state index contributed by atoms with van der Waals surface area (Å²) in [4.78, 5) is 0. The van der Waals surface area contributed by atoms with E-state index in [1.54, 1.807) is 0 Å². The summed E-state index contributed by atoms with van der Waals surface area (Å²) in [7, 11) is 0. The van der Waals surface area contributed by atoms with Crippen molar-refractivity contribution in [3.8, 4) is 0 Å². The Morgan fingerprint density at radius 2 is 1.41 bits per heavy atom. The maximum Gasteiger partial charge on any atom is 0.0898 e. The molecule has 1 unspecified atom stereocenters. The summed E-state index contributed by atoms with van der Waals surface area (Å²) in [6, 6.07) is 20.6. The first-order valence-corrected chi connectivity index (χ1v) is 7.79. The minimum atomic E-state index is -0.516. The Hall–Kier alpha value is -1.68. The molecule has 118 valence electrons. The summed E-state index contributed by atoms with van der Waals surface area (Å²) in [5.41, 5.74) is 2.37. The molecule has 0 radical (unpaired) electrons. The van der Waals surface area contributed by atoms with Gasteiger partial charge in [-0.2, -0.15) is 0 Å². The lowest BCUT2D eigenvalue weighted by Gasteiger charge is -2.22. The number of ether oxygens (including phenoxy) is 1. The average Bonchev–Trinajstić information content (AvgIpc) is 2.55. The van der Waals surface area contributed by atoms with E-state index in [4.69, 9.17) is 4.74 Å². The van der Waals surface area contributed by atoms with Gasteiger partial charge >= 0.3 is 0 Å². The van der Waals surface area contributed by atoms with E-state index in [-0.39, 0.29) is 12.1 Å². The van der Waals surface area contributed by atoms with E-state index in [2.05, 4.69) is 29.6 Å². The van der Waals surface area contributed by atoms with Gasteiger partial charge in [-0.3, -0.25) is 0 Å². The van der Waals surface area contributed by atoms with Crippen molar-refractivity contribution in [2.75, 3.05) is 13.2 Å². The second-order valence-corrected chi connectivity index (χ2v) is 5.70. The number of nitrogens with one attached hydrogen (secondary N) is 1. The van der Waals surface area contributed by atoms with Gasteiger partial charge in [0.05, 0.1) is 24.9 Å². The molecule has 0 heterocycles. The van der Waals surface area contributed by atoms with Gasteiger partial charge in [0, 0.05) is 6.54 Å². The van der Waals surface area contributed by atoms with Crippen LogP contribution in [-0.2, 0) is 4.74 Å². The lowest BCUT2D eigenvalue weighted by Crippen LogP contribution is -2.34. The van der Waals surface area contributed by atoms with Crippen molar-refractivity contribution in [1.29, 1.82) is 0 Å². The maximum absolute atomic E-state index is 10.1. The standard InChI is InChI=1S/C19H25NO2/c1-15(2)22-14-18(21)13-20-19(16-9-5-3-6-10-16)17-11-7-4-8-12-17/h3-12,15,18-21H,13-14H2,1-2H3. The van der Waals surface area contributed by atoms with Gasteiger partial charge in [0.1, 0.15) is 0 Å². The molecular formula is C19H25NO2. The summed E-state index contributed by atoms with van der Waals surface area (Å²) < 4.78 is 5.46. The summed E-state index contributed by atoms with van der Waals surface area (Å²) in [6.07, 6.45) is -0.383. The smallest absolute Gasteiger partial charge is 0.0898 e. The SMILES string of the molecule is CC(C)OCC(O)CNC(c1ccccc1)c1ccccc1. The van der Waals surface area contributed by atoms with Crippen molar-refractivity contribution in [2.24, 2.45) is 0 Å². The van der Waals surface area contributed by atoms with Crippen LogP contribution in [0, 0.1) is 0 Å². The van der Waals surface area contributed by atoms with Crippen molar-refractivity contribution >= 4 is 0 Å². The molecule has 0 saturated carbocycles. The molecule has 0 aliphatic rings. The van der Waals surface area contributed by atoms with Crippen LogP contribution in [-0.4, -0.2) is 30.5 Å². The van der Waals surface area contributed by atoms with Crippen molar-refractivity contribution < 1.29 is 9.84 Å². The van der Waals surface area contributed by atoms with Crippen LogP contribution in [0.2, 0.25) is 0 Å². The van der Waals surface area contributed by atoms with Gasteiger partial charge in [0.25, 0.3) is 0 Å². The van der Waals surface area contributed by atoms with Crippen molar-refractivity contribution in [2.45, 2.75) is 32.1 Å². The molecule has 0 fully saturated rings. The summed E-state index contributed by atoms with van der Waals surface area (Å²) >= 11 is 0. The molecule has 2 rings (SSSR count).